The number of hydrogen-bond donors (Lipinski definition) is 0. The van der Waals surface area contributed by atoms with Crippen molar-refractivity contribution in [2.75, 3.05) is 0 Å². The Morgan fingerprint density at radius 1 is 1.23 bits per heavy atom. The second-order valence-electron chi connectivity index (χ2n) is 4.68. The van der Waals surface area contributed by atoms with Crippen molar-refractivity contribution < 1.29 is 19.2 Å². The number of thiazole rings is 1. The van der Waals surface area contributed by atoms with E-state index < -0.39 is 17.8 Å². The smallest absolute Gasteiger partial charge is 0.329 e. The van der Waals surface area contributed by atoms with Crippen LogP contribution in [0.5, 0.6) is 0 Å². The van der Waals surface area contributed by atoms with Gasteiger partial charge < -0.3 is 4.84 Å². The molecule has 3 rings (SSSR count). The van der Waals surface area contributed by atoms with Gasteiger partial charge in [0.15, 0.2) is 0 Å². The molecule has 1 aliphatic rings. The van der Waals surface area contributed by atoms with E-state index in [2.05, 4.69) is 4.98 Å². The summed E-state index contributed by atoms with van der Waals surface area (Å²) >= 11 is 1.35. The predicted molar refractivity (Wildman–Crippen MR) is 78.2 cm³/mol. The Balaban J connectivity index is 1.70. The number of aromatic nitrogens is 1. The first kappa shape index (κ1) is 14.4. The van der Waals surface area contributed by atoms with Crippen LogP contribution in [-0.2, 0) is 22.5 Å². The monoisotopic (exact) mass is 316 g/mol. The summed E-state index contributed by atoms with van der Waals surface area (Å²) < 4.78 is 0. The summed E-state index contributed by atoms with van der Waals surface area (Å²) in [6.07, 6.45) is 0.710. The maximum absolute atomic E-state index is 12.1. The number of hydroxylamine groups is 2. The summed E-state index contributed by atoms with van der Waals surface area (Å²) in [7, 11) is 0. The van der Waals surface area contributed by atoms with Crippen LogP contribution >= 0.6 is 11.3 Å². The largest absolute Gasteiger partial charge is 0.340 e. The average Bonchev–Trinajstić information content (AvgIpc) is 3.06. The van der Waals surface area contributed by atoms with Crippen molar-refractivity contribution in [3.05, 3.63) is 51.5 Å². The zero-order chi connectivity index (χ0) is 15.7. The Kier molecular flexibility index (Phi) is 3.72. The van der Waals surface area contributed by atoms with Crippen LogP contribution in [0, 0.1) is 0 Å². The summed E-state index contributed by atoms with van der Waals surface area (Å²) in [5, 5.41) is 2.98. The lowest BCUT2D eigenvalue weighted by Gasteiger charge is -2.11. The molecule has 0 unspecified atom stereocenters. The zero-order valence-corrected chi connectivity index (χ0v) is 12.6. The van der Waals surface area contributed by atoms with Crippen molar-refractivity contribution >= 4 is 29.1 Å². The van der Waals surface area contributed by atoms with Gasteiger partial charge in [-0.3, -0.25) is 9.59 Å². The Bertz CT molecular complexity index is 733. The van der Waals surface area contributed by atoms with Crippen molar-refractivity contribution in [3.63, 3.8) is 0 Å². The predicted octanol–water partition coefficient (Wildman–Crippen LogP) is 2.00. The minimum Gasteiger partial charge on any atom is -0.329 e. The number of amides is 2. The fourth-order valence-corrected chi connectivity index (χ4v) is 2.96. The number of benzene rings is 1. The number of nitrogens with zero attached hydrogens (tertiary/aromatic N) is 2. The number of carbonyl (C=O) groups excluding carboxylic acids is 3. The van der Waals surface area contributed by atoms with Crippen LogP contribution in [0.2, 0.25) is 0 Å². The van der Waals surface area contributed by atoms with Crippen LogP contribution in [0.1, 0.15) is 38.3 Å². The van der Waals surface area contributed by atoms with Crippen molar-refractivity contribution in [3.8, 4) is 0 Å². The van der Waals surface area contributed by atoms with E-state index in [-0.39, 0.29) is 17.5 Å². The van der Waals surface area contributed by atoms with Crippen LogP contribution in [0.25, 0.3) is 0 Å². The topological polar surface area (TPSA) is 76.6 Å². The number of carbonyl (C=O) groups is 3. The molecule has 0 saturated carbocycles. The van der Waals surface area contributed by atoms with Gasteiger partial charge in [-0.05, 0) is 18.6 Å². The van der Waals surface area contributed by atoms with Gasteiger partial charge in [0.1, 0.15) is 11.4 Å². The first-order chi connectivity index (χ1) is 10.6. The first-order valence-corrected chi connectivity index (χ1v) is 7.60. The van der Waals surface area contributed by atoms with E-state index in [1.807, 2.05) is 12.3 Å². The van der Waals surface area contributed by atoms with Crippen molar-refractivity contribution in [2.45, 2.75) is 19.8 Å². The molecule has 22 heavy (non-hydrogen) atoms. The highest BCUT2D eigenvalue weighted by molar-refractivity contribution is 7.09. The minimum absolute atomic E-state index is 0.0714. The van der Waals surface area contributed by atoms with Gasteiger partial charge in [-0.2, -0.15) is 0 Å². The van der Waals surface area contributed by atoms with E-state index in [1.165, 1.54) is 23.5 Å². The molecular formula is C15H12N2O4S. The summed E-state index contributed by atoms with van der Waals surface area (Å²) in [6, 6.07) is 6.35. The number of fused-ring (bicyclic) bond motifs is 1. The lowest BCUT2D eigenvalue weighted by atomic mass is 10.1. The standard InChI is InChI=1S/C15H12N2O4S/c1-2-9-8-22-12(16-9)7-13(18)21-17-14(19)10-5-3-4-6-11(10)15(17)20/h3-6,8H,2,7H2,1H3. The Labute approximate surface area is 130 Å². The third-order valence-corrected chi connectivity index (χ3v) is 4.10. The minimum atomic E-state index is -0.688. The lowest BCUT2D eigenvalue weighted by molar-refractivity contribution is -0.167. The molecule has 0 aliphatic carbocycles. The van der Waals surface area contributed by atoms with Crippen molar-refractivity contribution in [1.29, 1.82) is 0 Å². The van der Waals surface area contributed by atoms with E-state index in [0.29, 0.717) is 10.1 Å². The summed E-state index contributed by atoms with van der Waals surface area (Å²) in [6.45, 7) is 1.97. The van der Waals surface area contributed by atoms with Gasteiger partial charge in [0, 0.05) is 5.38 Å². The molecule has 0 spiro atoms. The molecule has 2 heterocycles. The Morgan fingerprint density at radius 3 is 2.41 bits per heavy atom. The molecule has 7 heteroatoms. The first-order valence-electron chi connectivity index (χ1n) is 6.72. The van der Waals surface area contributed by atoms with Gasteiger partial charge in [0.05, 0.1) is 16.8 Å². The average molecular weight is 316 g/mol. The van der Waals surface area contributed by atoms with Crippen LogP contribution in [0.15, 0.2) is 29.6 Å². The van der Waals surface area contributed by atoms with Crippen LogP contribution in [-0.4, -0.2) is 27.8 Å². The molecule has 2 aromatic rings. The van der Waals surface area contributed by atoms with E-state index >= 15 is 0 Å². The molecule has 6 nitrogen and oxygen atoms in total. The van der Waals surface area contributed by atoms with Gasteiger partial charge >= 0.3 is 5.97 Å². The molecule has 112 valence electrons. The maximum atomic E-state index is 12.1. The molecular weight excluding hydrogens is 304 g/mol. The zero-order valence-electron chi connectivity index (χ0n) is 11.7. The number of hydrogen-bond acceptors (Lipinski definition) is 6. The highest BCUT2D eigenvalue weighted by Crippen LogP contribution is 2.23. The van der Waals surface area contributed by atoms with Crippen LogP contribution < -0.4 is 0 Å². The van der Waals surface area contributed by atoms with Gasteiger partial charge in [-0.25, -0.2) is 9.78 Å². The van der Waals surface area contributed by atoms with Gasteiger partial charge in [0.25, 0.3) is 11.8 Å². The van der Waals surface area contributed by atoms with Crippen LogP contribution in [0.3, 0.4) is 0 Å². The molecule has 0 fully saturated rings. The van der Waals surface area contributed by atoms with Gasteiger partial charge in [-0.1, -0.05) is 24.1 Å². The Hall–Kier alpha value is -2.54. The maximum Gasteiger partial charge on any atom is 0.340 e. The van der Waals surface area contributed by atoms with E-state index in [0.717, 1.165) is 12.1 Å². The molecule has 0 atom stereocenters. The molecule has 2 amide bonds. The van der Waals surface area contributed by atoms with Crippen molar-refractivity contribution in [1.82, 2.24) is 10.0 Å². The second-order valence-corrected chi connectivity index (χ2v) is 5.62. The highest BCUT2D eigenvalue weighted by atomic mass is 32.1. The third-order valence-electron chi connectivity index (χ3n) is 3.21. The molecule has 1 aromatic carbocycles. The summed E-state index contributed by atoms with van der Waals surface area (Å²) in [4.78, 5) is 45.2. The van der Waals surface area contributed by atoms with E-state index in [9.17, 15) is 14.4 Å². The molecule has 1 aliphatic heterocycles. The Morgan fingerprint density at radius 2 is 1.86 bits per heavy atom. The van der Waals surface area contributed by atoms with Crippen molar-refractivity contribution in [2.24, 2.45) is 0 Å². The number of aryl methyl sites for hydroxylation is 1. The van der Waals surface area contributed by atoms with Crippen LogP contribution in [0.4, 0.5) is 0 Å². The van der Waals surface area contributed by atoms with Gasteiger partial charge in [0.2, 0.25) is 0 Å². The molecule has 0 bridgehead atoms. The van der Waals surface area contributed by atoms with E-state index in [1.54, 1.807) is 12.1 Å². The second kappa shape index (κ2) is 5.69. The quantitative estimate of drug-likeness (QED) is 0.806. The normalized spacial score (nSPS) is 13.4. The summed E-state index contributed by atoms with van der Waals surface area (Å²) in [5.74, 6) is -1.93. The molecule has 1 aromatic heterocycles. The fraction of sp³-hybridized carbons (Fsp3) is 0.200. The molecule has 0 saturated heterocycles. The number of rotatable bonds is 4. The third kappa shape index (κ3) is 2.50. The molecule has 0 radical (unpaired) electrons. The molecule has 0 N–H and O–H groups in total. The summed E-state index contributed by atoms with van der Waals surface area (Å²) in [5.41, 5.74) is 1.37. The van der Waals surface area contributed by atoms with E-state index in [4.69, 9.17) is 4.84 Å². The number of imide groups is 1. The SMILES string of the molecule is CCc1csc(CC(=O)ON2C(=O)c3ccccc3C2=O)n1. The lowest BCUT2D eigenvalue weighted by Crippen LogP contribution is -2.33. The highest BCUT2D eigenvalue weighted by Gasteiger charge is 2.38. The fourth-order valence-electron chi connectivity index (χ4n) is 2.10. The van der Waals surface area contributed by atoms with Gasteiger partial charge in [-0.15, -0.1) is 11.3 Å².